The Morgan fingerprint density at radius 3 is 2.00 bits per heavy atom. The zero-order valence-corrected chi connectivity index (χ0v) is 21.0. The number of anilines is 1. The first-order valence-electron chi connectivity index (χ1n) is 11.9. The fourth-order valence-corrected chi connectivity index (χ4v) is 3.98. The largest absolute Gasteiger partial charge is 0.362 e. The molecule has 0 atom stereocenters. The van der Waals surface area contributed by atoms with Gasteiger partial charge in [-0.1, -0.05) is 70.7 Å². The van der Waals surface area contributed by atoms with Crippen molar-refractivity contribution in [2.24, 2.45) is 11.8 Å². The SMILES string of the molecule is CC1CCC(C)CC1.CCc1cccc(F)c1C.Cc1nc(N(C)C)c2ccccc2n1. The van der Waals surface area contributed by atoms with Gasteiger partial charge in [0.2, 0.25) is 0 Å². The molecule has 1 saturated carbocycles. The Kier molecular flexibility index (Phi) is 10.1. The summed E-state index contributed by atoms with van der Waals surface area (Å²) in [7, 11) is 3.99. The van der Waals surface area contributed by atoms with E-state index in [2.05, 4.69) is 23.8 Å². The number of hydrogen-bond acceptors (Lipinski definition) is 3. The second-order valence-electron chi connectivity index (χ2n) is 9.25. The zero-order valence-electron chi connectivity index (χ0n) is 21.0. The highest BCUT2D eigenvalue weighted by Gasteiger charge is 2.13. The van der Waals surface area contributed by atoms with Gasteiger partial charge in [-0.05, 0) is 61.4 Å². The lowest BCUT2D eigenvalue weighted by atomic mass is 9.84. The van der Waals surface area contributed by atoms with Crippen LogP contribution in [0.4, 0.5) is 10.2 Å². The van der Waals surface area contributed by atoms with E-state index in [1.165, 1.54) is 31.7 Å². The van der Waals surface area contributed by atoms with Crippen LogP contribution in [0.2, 0.25) is 0 Å². The highest BCUT2D eigenvalue weighted by atomic mass is 19.1. The number of fused-ring (bicyclic) bond motifs is 1. The predicted molar refractivity (Wildman–Crippen MR) is 136 cm³/mol. The molecule has 0 radical (unpaired) electrons. The third-order valence-electron chi connectivity index (χ3n) is 6.18. The molecule has 1 heterocycles. The zero-order chi connectivity index (χ0) is 23.7. The van der Waals surface area contributed by atoms with Gasteiger partial charge in [-0.2, -0.15) is 0 Å². The van der Waals surface area contributed by atoms with Crippen molar-refractivity contribution >= 4 is 16.7 Å². The van der Waals surface area contributed by atoms with Crippen LogP contribution in [0.15, 0.2) is 42.5 Å². The summed E-state index contributed by atoms with van der Waals surface area (Å²) >= 11 is 0. The van der Waals surface area contributed by atoms with E-state index in [4.69, 9.17) is 0 Å². The number of nitrogens with zero attached hydrogens (tertiary/aromatic N) is 3. The van der Waals surface area contributed by atoms with Gasteiger partial charge < -0.3 is 4.90 Å². The molecule has 4 rings (SSSR count). The van der Waals surface area contributed by atoms with Crippen LogP contribution in [-0.4, -0.2) is 24.1 Å². The molecule has 1 aromatic heterocycles. The highest BCUT2D eigenvalue weighted by Crippen LogP contribution is 2.27. The van der Waals surface area contributed by atoms with Gasteiger partial charge in [-0.3, -0.25) is 0 Å². The van der Waals surface area contributed by atoms with Crippen molar-refractivity contribution in [1.82, 2.24) is 9.97 Å². The Morgan fingerprint density at radius 1 is 0.875 bits per heavy atom. The molecule has 32 heavy (non-hydrogen) atoms. The fourth-order valence-electron chi connectivity index (χ4n) is 3.98. The maximum atomic E-state index is 12.8. The molecule has 0 N–H and O–H groups in total. The highest BCUT2D eigenvalue weighted by molar-refractivity contribution is 5.89. The van der Waals surface area contributed by atoms with E-state index in [-0.39, 0.29) is 5.82 Å². The van der Waals surface area contributed by atoms with Crippen molar-refractivity contribution in [3.05, 3.63) is 65.2 Å². The molecule has 0 aliphatic heterocycles. The molecule has 0 saturated heterocycles. The molecular formula is C28H40FN3. The van der Waals surface area contributed by atoms with Gasteiger partial charge in [0, 0.05) is 19.5 Å². The summed E-state index contributed by atoms with van der Waals surface area (Å²) in [5, 5.41) is 1.10. The van der Waals surface area contributed by atoms with E-state index in [9.17, 15) is 4.39 Å². The van der Waals surface area contributed by atoms with Gasteiger partial charge >= 0.3 is 0 Å². The third-order valence-corrected chi connectivity index (χ3v) is 6.18. The number of benzene rings is 2. The van der Waals surface area contributed by atoms with E-state index in [1.54, 1.807) is 6.07 Å². The fraction of sp³-hybridized carbons (Fsp3) is 0.500. The molecule has 2 aromatic carbocycles. The van der Waals surface area contributed by atoms with E-state index in [0.717, 1.165) is 51.9 Å². The van der Waals surface area contributed by atoms with Crippen LogP contribution in [0.25, 0.3) is 10.9 Å². The summed E-state index contributed by atoms with van der Waals surface area (Å²) in [6.07, 6.45) is 6.80. The van der Waals surface area contributed by atoms with Crippen molar-refractivity contribution in [2.45, 2.75) is 66.7 Å². The van der Waals surface area contributed by atoms with Crippen molar-refractivity contribution in [3.8, 4) is 0 Å². The monoisotopic (exact) mass is 437 g/mol. The molecule has 0 unspecified atom stereocenters. The Morgan fingerprint density at radius 2 is 1.47 bits per heavy atom. The number of rotatable bonds is 2. The van der Waals surface area contributed by atoms with Gasteiger partial charge in [0.05, 0.1) is 5.52 Å². The Labute approximate surface area is 194 Å². The number of aryl methyl sites for hydroxylation is 2. The predicted octanol–water partition coefficient (Wildman–Crippen LogP) is 7.53. The first kappa shape index (κ1) is 25.8. The number of para-hydroxylation sites is 1. The summed E-state index contributed by atoms with van der Waals surface area (Å²) < 4.78 is 12.8. The van der Waals surface area contributed by atoms with Crippen molar-refractivity contribution in [1.29, 1.82) is 0 Å². The minimum atomic E-state index is -0.0978. The first-order valence-corrected chi connectivity index (χ1v) is 11.9. The maximum Gasteiger partial charge on any atom is 0.139 e. The maximum absolute atomic E-state index is 12.8. The minimum absolute atomic E-state index is 0.0978. The Bertz CT molecular complexity index is 966. The van der Waals surface area contributed by atoms with Crippen LogP contribution in [-0.2, 0) is 6.42 Å². The summed E-state index contributed by atoms with van der Waals surface area (Å²) in [6, 6.07) is 13.3. The standard InChI is InChI=1S/C11H13N3.C9H11F.C8H16/c1-8-12-10-7-5-4-6-9(10)11(13-8)14(2)3;1-3-8-5-4-6-9(10)7(8)2;1-7-3-5-8(2)6-4-7/h4-7H,1-3H3;4-6H,3H2,1-2H3;7-8H,3-6H2,1-2H3. The van der Waals surface area contributed by atoms with Crippen LogP contribution in [0.1, 0.15) is 63.4 Å². The molecule has 0 spiro atoms. The molecule has 4 heteroatoms. The van der Waals surface area contributed by atoms with Crippen LogP contribution in [0, 0.1) is 31.5 Å². The lowest BCUT2D eigenvalue weighted by Crippen LogP contribution is -2.12. The van der Waals surface area contributed by atoms with Gasteiger partial charge in [-0.15, -0.1) is 0 Å². The van der Waals surface area contributed by atoms with Crippen molar-refractivity contribution in [3.63, 3.8) is 0 Å². The average molecular weight is 438 g/mol. The first-order chi connectivity index (χ1) is 15.2. The van der Waals surface area contributed by atoms with Gasteiger partial charge in [0.1, 0.15) is 17.5 Å². The van der Waals surface area contributed by atoms with Crippen molar-refractivity contribution < 1.29 is 4.39 Å². The molecular weight excluding hydrogens is 397 g/mol. The number of halogens is 1. The number of hydrogen-bond donors (Lipinski definition) is 0. The Hall–Kier alpha value is -2.49. The molecule has 1 aliphatic rings. The summed E-state index contributed by atoms with van der Waals surface area (Å²) in [5.74, 6) is 3.73. The smallest absolute Gasteiger partial charge is 0.139 e. The topological polar surface area (TPSA) is 29.0 Å². The summed E-state index contributed by atoms with van der Waals surface area (Å²) in [4.78, 5) is 10.8. The van der Waals surface area contributed by atoms with Crippen LogP contribution < -0.4 is 4.90 Å². The molecule has 174 valence electrons. The van der Waals surface area contributed by atoms with Gasteiger partial charge in [-0.25, -0.2) is 14.4 Å². The lowest BCUT2D eigenvalue weighted by Gasteiger charge is -2.22. The second-order valence-corrected chi connectivity index (χ2v) is 9.25. The van der Waals surface area contributed by atoms with E-state index < -0.39 is 0 Å². The minimum Gasteiger partial charge on any atom is -0.362 e. The van der Waals surface area contributed by atoms with E-state index >= 15 is 0 Å². The molecule has 1 aliphatic carbocycles. The quantitative estimate of drug-likeness (QED) is 0.415. The Balaban J connectivity index is 0.000000178. The molecule has 0 bridgehead atoms. The second kappa shape index (κ2) is 12.5. The van der Waals surface area contributed by atoms with Crippen LogP contribution in [0.3, 0.4) is 0 Å². The summed E-state index contributed by atoms with van der Waals surface area (Å²) in [5.41, 5.74) is 2.88. The molecule has 3 aromatic rings. The van der Waals surface area contributed by atoms with Gasteiger partial charge in [0.25, 0.3) is 0 Å². The summed E-state index contributed by atoms with van der Waals surface area (Å²) in [6.45, 7) is 10.5. The van der Waals surface area contributed by atoms with E-state index in [0.29, 0.717) is 0 Å². The molecule has 3 nitrogen and oxygen atoms in total. The normalized spacial score (nSPS) is 17.6. The third kappa shape index (κ3) is 7.58. The van der Waals surface area contributed by atoms with Crippen molar-refractivity contribution in [2.75, 3.05) is 19.0 Å². The number of aromatic nitrogens is 2. The van der Waals surface area contributed by atoms with Crippen LogP contribution in [0.5, 0.6) is 0 Å². The molecule has 0 amide bonds. The van der Waals surface area contributed by atoms with E-state index in [1.807, 2.05) is 70.1 Å². The molecule has 1 fully saturated rings. The lowest BCUT2D eigenvalue weighted by molar-refractivity contribution is 0.308. The van der Waals surface area contributed by atoms with Crippen LogP contribution >= 0.6 is 0 Å². The van der Waals surface area contributed by atoms with Gasteiger partial charge in [0.15, 0.2) is 0 Å². The average Bonchev–Trinajstić information content (AvgIpc) is 2.78.